The maximum Gasteiger partial charge on any atom is 0.416 e. The van der Waals surface area contributed by atoms with Crippen LogP contribution in [0.1, 0.15) is 35.1 Å². The van der Waals surface area contributed by atoms with E-state index >= 15 is 0 Å². The SMILES string of the molecule is CC1=C[C@@H](O/C=C2/C(=O)O[C@@H]3Cc4ccccc4[C@H]23)N(c2cc(C(F)(F)F)cc(C(F)(F)F)c2)C1=O. The van der Waals surface area contributed by atoms with E-state index in [1.165, 1.54) is 13.0 Å². The van der Waals surface area contributed by atoms with Gasteiger partial charge in [-0.15, -0.1) is 0 Å². The Morgan fingerprint density at radius 3 is 2.28 bits per heavy atom. The van der Waals surface area contributed by atoms with Crippen LogP contribution < -0.4 is 4.90 Å². The van der Waals surface area contributed by atoms with Gasteiger partial charge in [0.2, 0.25) is 0 Å². The first-order valence-corrected chi connectivity index (χ1v) is 10.8. The molecule has 0 aromatic heterocycles. The van der Waals surface area contributed by atoms with Crippen molar-refractivity contribution in [3.05, 3.63) is 88.2 Å². The standard InChI is InChI=1S/C25H17F6NO4/c1-12-6-20(35-11-18-21-17-5-3-2-4-13(17)7-19(21)36-23(18)34)32(22(12)33)16-9-14(24(26,27)28)8-15(10-16)25(29,30)31/h2-6,8-11,19-21H,7H2,1H3/b18-11+/t19-,20-,21-/m1/s1. The van der Waals surface area contributed by atoms with Crippen LogP contribution in [-0.4, -0.2) is 24.2 Å². The Morgan fingerprint density at radius 2 is 1.64 bits per heavy atom. The first-order valence-electron chi connectivity index (χ1n) is 10.8. The Balaban J connectivity index is 1.51. The van der Waals surface area contributed by atoms with Gasteiger partial charge in [0, 0.05) is 17.7 Å². The second kappa shape index (κ2) is 8.14. The van der Waals surface area contributed by atoms with Crippen LogP contribution in [0.25, 0.3) is 0 Å². The van der Waals surface area contributed by atoms with E-state index in [1.807, 2.05) is 18.2 Å². The summed E-state index contributed by atoms with van der Waals surface area (Å²) in [7, 11) is 0. The van der Waals surface area contributed by atoms with Crippen molar-refractivity contribution < 1.29 is 45.4 Å². The summed E-state index contributed by atoms with van der Waals surface area (Å²) < 4.78 is 91.2. The van der Waals surface area contributed by atoms with Crippen LogP contribution >= 0.6 is 0 Å². The molecule has 0 spiro atoms. The van der Waals surface area contributed by atoms with Gasteiger partial charge in [-0.2, -0.15) is 26.3 Å². The zero-order valence-corrected chi connectivity index (χ0v) is 18.5. The lowest BCUT2D eigenvalue weighted by Crippen LogP contribution is -2.36. The third-order valence-corrected chi connectivity index (χ3v) is 6.40. The fraction of sp³-hybridized carbons (Fsp3) is 0.280. The molecule has 1 fully saturated rings. The smallest absolute Gasteiger partial charge is 0.416 e. The third kappa shape index (κ3) is 4.02. The second-order valence-electron chi connectivity index (χ2n) is 8.71. The van der Waals surface area contributed by atoms with E-state index in [4.69, 9.17) is 9.47 Å². The lowest BCUT2D eigenvalue weighted by atomic mass is 9.94. The molecule has 1 amide bonds. The van der Waals surface area contributed by atoms with Gasteiger partial charge >= 0.3 is 18.3 Å². The van der Waals surface area contributed by atoms with Crippen molar-refractivity contribution in [1.29, 1.82) is 0 Å². The number of hydrogen-bond acceptors (Lipinski definition) is 4. The molecular formula is C25H17F6NO4. The van der Waals surface area contributed by atoms with Gasteiger partial charge in [0.15, 0.2) is 6.23 Å². The number of amides is 1. The molecule has 2 heterocycles. The van der Waals surface area contributed by atoms with Crippen LogP contribution in [0.4, 0.5) is 32.0 Å². The molecule has 188 valence electrons. The molecule has 0 unspecified atom stereocenters. The van der Waals surface area contributed by atoms with Crippen molar-refractivity contribution in [3.8, 4) is 0 Å². The monoisotopic (exact) mass is 509 g/mol. The quantitative estimate of drug-likeness (QED) is 0.237. The maximum atomic E-state index is 13.4. The van der Waals surface area contributed by atoms with Crippen molar-refractivity contribution in [2.24, 2.45) is 0 Å². The molecule has 5 nitrogen and oxygen atoms in total. The Hall–Kier alpha value is -3.76. The first-order chi connectivity index (χ1) is 16.8. The summed E-state index contributed by atoms with van der Waals surface area (Å²) >= 11 is 0. The third-order valence-electron chi connectivity index (χ3n) is 6.40. The number of carbonyl (C=O) groups excluding carboxylic acids is 2. The molecule has 2 aliphatic heterocycles. The summed E-state index contributed by atoms with van der Waals surface area (Å²) in [6, 6.07) is 8.28. The van der Waals surface area contributed by atoms with Gasteiger partial charge in [0.1, 0.15) is 6.10 Å². The number of fused-ring (bicyclic) bond motifs is 3. The average Bonchev–Trinajstić information content (AvgIpc) is 3.39. The van der Waals surface area contributed by atoms with E-state index in [2.05, 4.69) is 0 Å². The van der Waals surface area contributed by atoms with E-state index in [0.29, 0.717) is 23.5 Å². The number of halogens is 6. The minimum absolute atomic E-state index is 0.0195. The number of anilines is 1. The molecule has 2 aromatic carbocycles. The molecule has 1 aliphatic carbocycles. The predicted molar refractivity (Wildman–Crippen MR) is 113 cm³/mol. The molecule has 2 aromatic rings. The highest BCUT2D eigenvalue weighted by molar-refractivity contribution is 6.08. The molecule has 0 bridgehead atoms. The molecule has 0 saturated carbocycles. The molecule has 3 aliphatic rings. The van der Waals surface area contributed by atoms with Crippen LogP contribution in [-0.2, 0) is 37.8 Å². The zero-order chi connectivity index (χ0) is 26.0. The van der Waals surface area contributed by atoms with Gasteiger partial charge < -0.3 is 9.47 Å². The molecule has 0 N–H and O–H groups in total. The van der Waals surface area contributed by atoms with E-state index in [-0.39, 0.29) is 17.2 Å². The van der Waals surface area contributed by atoms with E-state index in [1.54, 1.807) is 6.07 Å². The summed E-state index contributed by atoms with van der Waals surface area (Å²) in [6.45, 7) is 1.36. The molecule has 3 atom stereocenters. The van der Waals surface area contributed by atoms with Crippen LogP contribution in [0.3, 0.4) is 0 Å². The normalized spacial score (nSPS) is 24.6. The number of carbonyl (C=O) groups is 2. The number of rotatable bonds is 3. The van der Waals surface area contributed by atoms with Crippen LogP contribution in [0.5, 0.6) is 0 Å². The van der Waals surface area contributed by atoms with Crippen LogP contribution in [0, 0.1) is 0 Å². The van der Waals surface area contributed by atoms with Crippen molar-refractivity contribution in [2.75, 3.05) is 4.90 Å². The van der Waals surface area contributed by atoms with Gasteiger partial charge in [-0.05, 0) is 42.3 Å². The fourth-order valence-corrected chi connectivity index (χ4v) is 4.74. The van der Waals surface area contributed by atoms with Crippen molar-refractivity contribution in [2.45, 2.75) is 43.9 Å². The highest BCUT2D eigenvalue weighted by atomic mass is 19.4. The Kier molecular flexibility index (Phi) is 5.42. The second-order valence-corrected chi connectivity index (χ2v) is 8.71. The minimum Gasteiger partial charge on any atom is -0.473 e. The van der Waals surface area contributed by atoms with E-state index in [0.717, 1.165) is 17.4 Å². The number of hydrogen-bond donors (Lipinski definition) is 0. The van der Waals surface area contributed by atoms with Crippen LogP contribution in [0.2, 0.25) is 0 Å². The van der Waals surface area contributed by atoms with Crippen molar-refractivity contribution in [3.63, 3.8) is 0 Å². The first kappa shape index (κ1) is 24.0. The topological polar surface area (TPSA) is 55.8 Å². The highest BCUT2D eigenvalue weighted by Gasteiger charge is 2.47. The van der Waals surface area contributed by atoms with E-state index in [9.17, 15) is 35.9 Å². The molecule has 0 radical (unpaired) electrons. The van der Waals surface area contributed by atoms with Gasteiger partial charge in [0.05, 0.1) is 28.9 Å². The van der Waals surface area contributed by atoms with Crippen LogP contribution in [0.15, 0.2) is 65.9 Å². The Bertz CT molecular complexity index is 1290. The van der Waals surface area contributed by atoms with Gasteiger partial charge in [-0.25, -0.2) is 4.79 Å². The molecule has 1 saturated heterocycles. The van der Waals surface area contributed by atoms with Crippen molar-refractivity contribution >= 4 is 17.6 Å². The lowest BCUT2D eigenvalue weighted by Gasteiger charge is -2.26. The molecule has 5 rings (SSSR count). The van der Waals surface area contributed by atoms with Crippen molar-refractivity contribution in [1.82, 2.24) is 0 Å². The zero-order valence-electron chi connectivity index (χ0n) is 18.5. The number of nitrogens with zero attached hydrogens (tertiary/aromatic N) is 1. The fourth-order valence-electron chi connectivity index (χ4n) is 4.74. The Labute approximate surface area is 200 Å². The molecular weight excluding hydrogens is 492 g/mol. The summed E-state index contributed by atoms with van der Waals surface area (Å²) in [4.78, 5) is 25.9. The Morgan fingerprint density at radius 1 is 1.00 bits per heavy atom. The maximum absolute atomic E-state index is 13.4. The summed E-state index contributed by atoms with van der Waals surface area (Å²) in [5.41, 5.74) is -1.71. The summed E-state index contributed by atoms with van der Waals surface area (Å²) in [5.74, 6) is -1.91. The molecule has 11 heteroatoms. The molecule has 36 heavy (non-hydrogen) atoms. The number of ether oxygens (including phenoxy) is 2. The van der Waals surface area contributed by atoms with E-state index < -0.39 is 59.3 Å². The summed E-state index contributed by atoms with van der Waals surface area (Å²) in [5, 5.41) is 0. The van der Waals surface area contributed by atoms with Gasteiger partial charge in [-0.1, -0.05) is 24.3 Å². The van der Waals surface area contributed by atoms with Gasteiger partial charge in [0.25, 0.3) is 5.91 Å². The lowest BCUT2D eigenvalue weighted by molar-refractivity contribution is -0.143. The largest absolute Gasteiger partial charge is 0.473 e. The summed E-state index contributed by atoms with van der Waals surface area (Å²) in [6.07, 6.45) is -9.16. The average molecular weight is 509 g/mol. The number of benzene rings is 2. The highest BCUT2D eigenvalue weighted by Crippen LogP contribution is 2.45. The number of esters is 1. The predicted octanol–water partition coefficient (Wildman–Crippen LogP) is 5.51. The minimum atomic E-state index is -5.09. The number of alkyl halides is 6. The van der Waals surface area contributed by atoms with Gasteiger partial charge in [-0.3, -0.25) is 9.69 Å².